The molecule has 226 valence electrons. The summed E-state index contributed by atoms with van der Waals surface area (Å²) in [5, 5.41) is 8.41. The van der Waals surface area contributed by atoms with Gasteiger partial charge >= 0.3 is 0 Å². The highest BCUT2D eigenvalue weighted by Gasteiger charge is 2.26. The lowest BCUT2D eigenvalue weighted by molar-refractivity contribution is 0.0709. The highest BCUT2D eigenvalue weighted by Crippen LogP contribution is 2.33. The van der Waals surface area contributed by atoms with Gasteiger partial charge in [-0.1, -0.05) is 6.08 Å². The minimum absolute atomic E-state index is 0.178. The molecular formula is C30H39N11O2. The number of nitrogens with two attached hydrogens (primary N) is 1. The highest BCUT2D eigenvalue weighted by molar-refractivity contribution is 5.88. The Morgan fingerprint density at radius 3 is 2.47 bits per heavy atom. The smallest absolute Gasteiger partial charge is 0.248 e. The number of piperidine rings is 1. The van der Waals surface area contributed by atoms with Gasteiger partial charge in [0, 0.05) is 50.2 Å². The van der Waals surface area contributed by atoms with Crippen LogP contribution in [0.1, 0.15) is 18.5 Å². The number of piperazine rings is 1. The number of methoxy groups -OCH3 is 2. The zero-order valence-electron chi connectivity index (χ0n) is 25.0. The molecule has 2 aliphatic rings. The minimum Gasteiger partial charge on any atom is -0.493 e. The Labute approximate surface area is 251 Å². The number of nitrogen functional groups attached to an aromatic ring is 1. The fourth-order valence-electron chi connectivity index (χ4n) is 5.75. The number of pyridine rings is 1. The Morgan fingerprint density at radius 2 is 1.74 bits per heavy atom. The van der Waals surface area contributed by atoms with Crippen molar-refractivity contribution in [3.8, 4) is 17.3 Å². The summed E-state index contributed by atoms with van der Waals surface area (Å²) in [5.74, 6) is 2.10. The van der Waals surface area contributed by atoms with Crippen molar-refractivity contribution in [3.63, 3.8) is 0 Å². The van der Waals surface area contributed by atoms with Gasteiger partial charge in [0.1, 0.15) is 6.33 Å². The van der Waals surface area contributed by atoms with Crippen LogP contribution in [0.5, 0.6) is 11.5 Å². The summed E-state index contributed by atoms with van der Waals surface area (Å²) in [6.07, 6.45) is 9.98. The number of likely N-dealkylation sites (tertiary alicyclic amines) is 1. The number of nitrogens with one attached hydrogen (secondary N) is 1. The molecule has 0 amide bonds. The van der Waals surface area contributed by atoms with E-state index >= 15 is 0 Å². The molecule has 3 N–H and O–H groups in total. The maximum Gasteiger partial charge on any atom is 0.248 e. The third kappa shape index (κ3) is 6.53. The molecule has 1 aromatic carbocycles. The van der Waals surface area contributed by atoms with Crippen molar-refractivity contribution in [3.05, 3.63) is 48.6 Å². The van der Waals surface area contributed by atoms with E-state index in [4.69, 9.17) is 15.2 Å². The minimum atomic E-state index is 0.178. The summed E-state index contributed by atoms with van der Waals surface area (Å²) >= 11 is 0. The van der Waals surface area contributed by atoms with E-state index in [1.807, 2.05) is 12.1 Å². The maximum absolute atomic E-state index is 6.24. The summed E-state index contributed by atoms with van der Waals surface area (Å²) in [5.41, 5.74) is 8.54. The maximum atomic E-state index is 6.24. The summed E-state index contributed by atoms with van der Waals surface area (Å²) in [4.78, 5) is 25.4. The van der Waals surface area contributed by atoms with Crippen molar-refractivity contribution in [2.45, 2.75) is 18.9 Å². The number of anilines is 3. The first kappa shape index (κ1) is 28.8. The molecule has 13 heteroatoms. The van der Waals surface area contributed by atoms with Gasteiger partial charge in [0.15, 0.2) is 17.3 Å². The Balaban J connectivity index is 1.05. The molecule has 43 heavy (non-hydrogen) atoms. The molecule has 0 radical (unpaired) electrons. The number of aromatic nitrogens is 6. The summed E-state index contributed by atoms with van der Waals surface area (Å²) in [6, 6.07) is 8.23. The zero-order chi connectivity index (χ0) is 29.8. The molecular weight excluding hydrogens is 546 g/mol. The molecule has 13 nitrogen and oxygen atoms in total. The molecule has 0 atom stereocenters. The topological polar surface area (TPSA) is 136 Å². The quantitative estimate of drug-likeness (QED) is 0.299. The largest absolute Gasteiger partial charge is 0.493 e. The number of nitrogens with zero attached hydrogens (tertiary/aromatic N) is 9. The van der Waals surface area contributed by atoms with Gasteiger partial charge in [-0.2, -0.15) is 9.67 Å². The molecule has 0 bridgehead atoms. The van der Waals surface area contributed by atoms with E-state index < -0.39 is 0 Å². The van der Waals surface area contributed by atoms with Crippen molar-refractivity contribution in [1.82, 2.24) is 44.4 Å². The Morgan fingerprint density at radius 1 is 0.977 bits per heavy atom. The first-order valence-corrected chi connectivity index (χ1v) is 14.6. The Kier molecular flexibility index (Phi) is 8.63. The normalized spacial score (nSPS) is 17.6. The van der Waals surface area contributed by atoms with Crippen molar-refractivity contribution < 1.29 is 9.47 Å². The second-order valence-corrected chi connectivity index (χ2v) is 11.0. The molecule has 0 unspecified atom stereocenters. The first-order chi connectivity index (χ1) is 21.0. The average Bonchev–Trinajstić information content (AvgIpc) is 3.40. The van der Waals surface area contributed by atoms with E-state index in [2.05, 4.69) is 64.3 Å². The van der Waals surface area contributed by atoms with Crippen molar-refractivity contribution >= 4 is 34.6 Å². The monoisotopic (exact) mass is 585 g/mol. The molecule has 3 aromatic heterocycles. The van der Waals surface area contributed by atoms with E-state index in [0.717, 1.165) is 37.1 Å². The van der Waals surface area contributed by atoms with Crippen LogP contribution in [-0.4, -0.2) is 118 Å². The lowest BCUT2D eigenvalue weighted by atomic mass is 10.0. The second-order valence-electron chi connectivity index (χ2n) is 11.0. The Bertz CT molecular complexity index is 1560. The van der Waals surface area contributed by atoms with E-state index in [1.165, 1.54) is 50.0 Å². The van der Waals surface area contributed by atoms with Gasteiger partial charge < -0.3 is 25.4 Å². The molecule has 0 spiro atoms. The zero-order valence-corrected chi connectivity index (χ0v) is 25.0. The summed E-state index contributed by atoms with van der Waals surface area (Å²) < 4.78 is 12.3. The SMILES string of the molecule is COc1cc2ncnc(-n3nc(Nc4ccc(/C=C/CN5CCC(N6CCN(C)CC6)CC5)nc4)nc3N)c2cc1OC. The number of benzene rings is 1. The Hall–Kier alpha value is -4.33. The van der Waals surface area contributed by atoms with Crippen LogP contribution in [-0.2, 0) is 0 Å². The van der Waals surface area contributed by atoms with Crippen molar-refractivity contribution in [2.24, 2.45) is 0 Å². The summed E-state index contributed by atoms with van der Waals surface area (Å²) in [7, 11) is 5.37. The number of ether oxygens (including phenoxy) is 2. The predicted octanol–water partition coefficient (Wildman–Crippen LogP) is 2.67. The van der Waals surface area contributed by atoms with Gasteiger partial charge in [0.05, 0.1) is 37.3 Å². The van der Waals surface area contributed by atoms with Crippen molar-refractivity contribution in [2.75, 3.05) is 78.1 Å². The van der Waals surface area contributed by atoms with Crippen molar-refractivity contribution in [1.29, 1.82) is 0 Å². The number of likely N-dealkylation sites (N-methyl/N-ethyl adjacent to an activating group) is 1. The predicted molar refractivity (Wildman–Crippen MR) is 167 cm³/mol. The van der Waals surface area contributed by atoms with Gasteiger partial charge in [-0.3, -0.25) is 14.8 Å². The van der Waals surface area contributed by atoms with Gasteiger partial charge in [0.2, 0.25) is 11.9 Å². The third-order valence-corrected chi connectivity index (χ3v) is 8.26. The fraction of sp³-hybridized carbons (Fsp3) is 0.433. The summed E-state index contributed by atoms with van der Waals surface area (Å²) in [6.45, 7) is 8.01. The van der Waals surface area contributed by atoms with E-state index in [0.29, 0.717) is 34.2 Å². The molecule has 2 fully saturated rings. The van der Waals surface area contributed by atoms with E-state index in [9.17, 15) is 0 Å². The van der Waals surface area contributed by atoms with E-state index in [-0.39, 0.29) is 5.95 Å². The van der Waals surface area contributed by atoms with Gasteiger partial charge in [-0.05, 0) is 57.3 Å². The van der Waals surface area contributed by atoms with Crippen LogP contribution in [0.25, 0.3) is 22.8 Å². The van der Waals surface area contributed by atoms with Gasteiger partial charge in [-0.15, -0.1) is 5.10 Å². The van der Waals surface area contributed by atoms with Crippen LogP contribution in [0.15, 0.2) is 42.9 Å². The molecule has 2 aliphatic heterocycles. The van der Waals surface area contributed by atoms with Crippen LogP contribution in [0.3, 0.4) is 0 Å². The fourth-order valence-corrected chi connectivity index (χ4v) is 5.75. The molecule has 2 saturated heterocycles. The van der Waals surface area contributed by atoms with E-state index in [1.54, 1.807) is 32.5 Å². The first-order valence-electron chi connectivity index (χ1n) is 14.6. The van der Waals surface area contributed by atoms with Crippen LogP contribution in [0.2, 0.25) is 0 Å². The number of hydrogen-bond donors (Lipinski definition) is 2. The van der Waals surface area contributed by atoms with Crippen LogP contribution in [0.4, 0.5) is 17.6 Å². The lowest BCUT2D eigenvalue weighted by Gasteiger charge is -2.41. The van der Waals surface area contributed by atoms with Crippen LogP contribution >= 0.6 is 0 Å². The molecule has 0 aliphatic carbocycles. The standard InChI is InChI=1S/C30H39N11O2/c1-38-13-15-40(16-14-38)23-8-11-39(12-9-23)10-4-5-21-6-7-22(19-32-21)35-30-36-29(31)41(37-30)28-24-17-26(42-2)27(43-3)18-25(24)33-20-34-28/h4-7,17-20,23H,8-16H2,1-3H3,(H3,31,35,36,37)/b5-4+. The number of rotatable bonds is 9. The lowest BCUT2D eigenvalue weighted by Crippen LogP contribution is -2.52. The second kappa shape index (κ2) is 12.9. The van der Waals surface area contributed by atoms with Crippen LogP contribution in [0, 0.1) is 0 Å². The number of hydrogen-bond acceptors (Lipinski definition) is 12. The molecule has 5 heterocycles. The highest BCUT2D eigenvalue weighted by atomic mass is 16.5. The molecule has 6 rings (SSSR count). The average molecular weight is 586 g/mol. The van der Waals surface area contributed by atoms with Gasteiger partial charge in [0.25, 0.3) is 0 Å². The molecule has 4 aromatic rings. The van der Waals surface area contributed by atoms with Gasteiger partial charge in [-0.25, -0.2) is 9.97 Å². The van der Waals surface area contributed by atoms with Crippen LogP contribution < -0.4 is 20.5 Å². The third-order valence-electron chi connectivity index (χ3n) is 8.26. The number of fused-ring (bicyclic) bond motifs is 1. The molecule has 0 saturated carbocycles.